The molecule has 0 radical (unpaired) electrons. The van der Waals surface area contributed by atoms with Gasteiger partial charge < -0.3 is 9.88 Å². The minimum atomic E-state index is -0.467. The van der Waals surface area contributed by atoms with Gasteiger partial charge in [-0.25, -0.2) is 4.39 Å². The van der Waals surface area contributed by atoms with Crippen molar-refractivity contribution in [1.29, 1.82) is 0 Å². The highest BCUT2D eigenvalue weighted by molar-refractivity contribution is 9.10. The van der Waals surface area contributed by atoms with Crippen LogP contribution < -0.4 is 5.32 Å². The number of aromatic nitrogens is 1. The van der Waals surface area contributed by atoms with Crippen LogP contribution in [0.2, 0.25) is 5.02 Å². The van der Waals surface area contributed by atoms with Gasteiger partial charge in [0.25, 0.3) is 5.91 Å². The molecule has 0 aliphatic heterocycles. The topological polar surface area (TPSA) is 34.0 Å². The minimum Gasteiger partial charge on any atom is -0.347 e. The fourth-order valence-corrected chi connectivity index (χ4v) is 2.52. The predicted molar refractivity (Wildman–Crippen MR) is 80.4 cm³/mol. The van der Waals surface area contributed by atoms with Crippen LogP contribution in [0.3, 0.4) is 0 Å². The number of nitrogens with zero attached hydrogens (tertiary/aromatic N) is 1. The van der Waals surface area contributed by atoms with Gasteiger partial charge in [0.1, 0.15) is 11.5 Å². The molecule has 0 bridgehead atoms. The first-order valence-corrected chi connectivity index (χ1v) is 7.26. The van der Waals surface area contributed by atoms with Crippen molar-refractivity contribution in [2.75, 3.05) is 0 Å². The van der Waals surface area contributed by atoms with Crippen LogP contribution in [0, 0.1) is 5.82 Å². The SMILES string of the molecule is CCn1cc(Br)cc1C(=O)NCc1ccc(F)c(Cl)c1. The second-order valence-electron chi connectivity index (χ2n) is 4.26. The highest BCUT2D eigenvalue weighted by Crippen LogP contribution is 2.17. The second kappa shape index (κ2) is 6.41. The first kappa shape index (κ1) is 15.1. The second-order valence-corrected chi connectivity index (χ2v) is 5.58. The molecule has 1 N–H and O–H groups in total. The van der Waals surface area contributed by atoms with Crippen LogP contribution in [0.15, 0.2) is 34.9 Å². The summed E-state index contributed by atoms with van der Waals surface area (Å²) in [4.78, 5) is 12.1. The van der Waals surface area contributed by atoms with Gasteiger partial charge in [0.2, 0.25) is 0 Å². The Bertz CT molecular complexity index is 642. The van der Waals surface area contributed by atoms with E-state index in [4.69, 9.17) is 11.6 Å². The summed E-state index contributed by atoms with van der Waals surface area (Å²) in [6, 6.07) is 6.15. The Morgan fingerprint density at radius 3 is 2.85 bits per heavy atom. The quantitative estimate of drug-likeness (QED) is 0.880. The summed E-state index contributed by atoms with van der Waals surface area (Å²) in [5, 5.41) is 2.84. The molecule has 1 aromatic carbocycles. The molecule has 0 spiro atoms. The molecule has 0 fully saturated rings. The van der Waals surface area contributed by atoms with E-state index >= 15 is 0 Å². The monoisotopic (exact) mass is 358 g/mol. The fourth-order valence-electron chi connectivity index (χ4n) is 1.85. The Kier molecular flexibility index (Phi) is 4.83. The number of aryl methyl sites for hydroxylation is 1. The van der Waals surface area contributed by atoms with Crippen LogP contribution in [-0.4, -0.2) is 10.5 Å². The number of halogens is 3. The lowest BCUT2D eigenvalue weighted by Crippen LogP contribution is -2.25. The van der Waals surface area contributed by atoms with Gasteiger partial charge in [-0.2, -0.15) is 0 Å². The van der Waals surface area contributed by atoms with E-state index in [-0.39, 0.29) is 10.9 Å². The molecular formula is C14H13BrClFN2O. The summed E-state index contributed by atoms with van der Waals surface area (Å²) < 4.78 is 15.7. The third-order valence-corrected chi connectivity index (χ3v) is 3.60. The maximum atomic E-state index is 13.0. The van der Waals surface area contributed by atoms with Gasteiger partial charge in [0.05, 0.1) is 5.02 Å². The van der Waals surface area contributed by atoms with Gasteiger partial charge in [-0.3, -0.25) is 4.79 Å². The molecule has 1 amide bonds. The summed E-state index contributed by atoms with van der Waals surface area (Å²) in [5.74, 6) is -0.650. The van der Waals surface area contributed by atoms with Gasteiger partial charge in [0.15, 0.2) is 0 Å². The standard InChI is InChI=1S/C14H13BrClFN2O/c1-2-19-8-10(15)6-13(19)14(20)18-7-9-3-4-12(17)11(16)5-9/h3-6,8H,2,7H2,1H3,(H,18,20). The Balaban J connectivity index is 2.06. The first-order valence-electron chi connectivity index (χ1n) is 6.09. The molecule has 0 aliphatic rings. The average molecular weight is 360 g/mol. The van der Waals surface area contributed by atoms with E-state index in [0.717, 1.165) is 10.0 Å². The molecule has 0 unspecified atom stereocenters. The Morgan fingerprint density at radius 1 is 1.45 bits per heavy atom. The molecule has 0 aliphatic carbocycles. The molecule has 6 heteroatoms. The minimum absolute atomic E-state index is 0.0522. The lowest BCUT2D eigenvalue weighted by atomic mass is 10.2. The summed E-state index contributed by atoms with van der Waals surface area (Å²) in [7, 11) is 0. The van der Waals surface area contributed by atoms with Crippen LogP contribution in [0.25, 0.3) is 0 Å². The zero-order chi connectivity index (χ0) is 14.7. The third-order valence-electron chi connectivity index (χ3n) is 2.87. The Hall–Kier alpha value is -1.33. The van der Waals surface area contributed by atoms with Crippen LogP contribution in [0.5, 0.6) is 0 Å². The lowest BCUT2D eigenvalue weighted by Gasteiger charge is -2.08. The Morgan fingerprint density at radius 2 is 2.20 bits per heavy atom. The molecule has 1 heterocycles. The molecule has 3 nitrogen and oxygen atoms in total. The van der Waals surface area contributed by atoms with Crippen LogP contribution in [0.1, 0.15) is 23.0 Å². The van der Waals surface area contributed by atoms with Gasteiger partial charge in [-0.05, 0) is 46.6 Å². The summed E-state index contributed by atoms with van der Waals surface area (Å²) >= 11 is 9.04. The number of rotatable bonds is 4. The van der Waals surface area contributed by atoms with E-state index in [9.17, 15) is 9.18 Å². The largest absolute Gasteiger partial charge is 0.347 e. The molecule has 0 atom stereocenters. The molecule has 2 rings (SSSR count). The summed E-state index contributed by atoms with van der Waals surface area (Å²) in [5.41, 5.74) is 1.33. The highest BCUT2D eigenvalue weighted by Gasteiger charge is 2.12. The van der Waals surface area contributed by atoms with E-state index in [1.54, 1.807) is 12.1 Å². The Labute approximate surface area is 129 Å². The number of carbonyl (C=O) groups is 1. The molecule has 106 valence electrons. The van der Waals surface area contributed by atoms with Crippen LogP contribution in [0.4, 0.5) is 4.39 Å². The third kappa shape index (κ3) is 3.41. The zero-order valence-electron chi connectivity index (χ0n) is 10.8. The van der Waals surface area contributed by atoms with Gasteiger partial charge >= 0.3 is 0 Å². The molecule has 20 heavy (non-hydrogen) atoms. The number of carbonyl (C=O) groups excluding carboxylic acids is 1. The molecule has 1 aromatic heterocycles. The van der Waals surface area contributed by atoms with E-state index in [1.165, 1.54) is 12.1 Å². The molecule has 0 saturated carbocycles. The van der Waals surface area contributed by atoms with E-state index in [0.29, 0.717) is 18.8 Å². The van der Waals surface area contributed by atoms with Gasteiger partial charge in [-0.1, -0.05) is 17.7 Å². The van der Waals surface area contributed by atoms with Crippen molar-refractivity contribution in [1.82, 2.24) is 9.88 Å². The van der Waals surface area contributed by atoms with Crippen molar-refractivity contribution >= 4 is 33.4 Å². The van der Waals surface area contributed by atoms with Gasteiger partial charge in [-0.15, -0.1) is 0 Å². The van der Waals surface area contributed by atoms with E-state index in [1.807, 2.05) is 17.7 Å². The maximum absolute atomic E-state index is 13.0. The molecule has 0 saturated heterocycles. The summed E-state index contributed by atoms with van der Waals surface area (Å²) in [6.45, 7) is 2.96. The van der Waals surface area contributed by atoms with Crippen molar-refractivity contribution in [3.05, 3.63) is 57.0 Å². The molecular weight excluding hydrogens is 347 g/mol. The van der Waals surface area contributed by atoms with Gasteiger partial charge in [0, 0.05) is 23.8 Å². The lowest BCUT2D eigenvalue weighted by molar-refractivity contribution is 0.0941. The van der Waals surface area contributed by atoms with E-state index < -0.39 is 5.82 Å². The van der Waals surface area contributed by atoms with Crippen molar-refractivity contribution < 1.29 is 9.18 Å². The summed E-state index contributed by atoms with van der Waals surface area (Å²) in [6.07, 6.45) is 1.85. The van der Waals surface area contributed by atoms with Crippen LogP contribution in [-0.2, 0) is 13.1 Å². The zero-order valence-corrected chi connectivity index (χ0v) is 13.1. The fraction of sp³-hybridized carbons (Fsp3) is 0.214. The van der Waals surface area contributed by atoms with Crippen LogP contribution >= 0.6 is 27.5 Å². The molecule has 2 aromatic rings. The van der Waals surface area contributed by atoms with Crippen molar-refractivity contribution in [3.8, 4) is 0 Å². The first-order chi connectivity index (χ1) is 9.51. The van der Waals surface area contributed by atoms with Crippen molar-refractivity contribution in [2.45, 2.75) is 20.0 Å². The van der Waals surface area contributed by atoms with Crippen molar-refractivity contribution in [3.63, 3.8) is 0 Å². The number of benzene rings is 1. The number of hydrogen-bond acceptors (Lipinski definition) is 1. The predicted octanol–water partition coefficient (Wildman–Crippen LogP) is 3.99. The number of nitrogens with one attached hydrogen (secondary N) is 1. The van der Waals surface area contributed by atoms with Crippen molar-refractivity contribution in [2.24, 2.45) is 0 Å². The smallest absolute Gasteiger partial charge is 0.268 e. The number of amides is 1. The average Bonchev–Trinajstić information content (AvgIpc) is 2.81. The normalized spacial score (nSPS) is 10.6. The number of hydrogen-bond donors (Lipinski definition) is 1. The van der Waals surface area contributed by atoms with E-state index in [2.05, 4.69) is 21.2 Å². The highest BCUT2D eigenvalue weighted by atomic mass is 79.9. The maximum Gasteiger partial charge on any atom is 0.268 e.